The van der Waals surface area contributed by atoms with E-state index in [1.165, 1.54) is 19.3 Å². The maximum Gasteiger partial charge on any atom is -0.0203 e. The Bertz CT molecular complexity index is 238. The van der Waals surface area contributed by atoms with E-state index in [1.54, 1.807) is 5.57 Å². The van der Waals surface area contributed by atoms with E-state index in [2.05, 4.69) is 33.8 Å². The molecule has 0 saturated heterocycles. The van der Waals surface area contributed by atoms with Crippen LogP contribution in [0.3, 0.4) is 0 Å². The van der Waals surface area contributed by atoms with Crippen LogP contribution in [0.4, 0.5) is 0 Å². The van der Waals surface area contributed by atoms with Crippen LogP contribution in [-0.4, -0.2) is 0 Å². The van der Waals surface area contributed by atoms with Gasteiger partial charge in [-0.1, -0.05) is 25.5 Å². The molecule has 0 heterocycles. The fourth-order valence-corrected chi connectivity index (χ4v) is 3.74. The molecule has 0 radical (unpaired) electrons. The van der Waals surface area contributed by atoms with Gasteiger partial charge in [-0.15, -0.1) is 0 Å². The van der Waals surface area contributed by atoms with Crippen molar-refractivity contribution in [3.8, 4) is 0 Å². The minimum Gasteiger partial charge on any atom is -0.0885 e. The Morgan fingerprint density at radius 3 is 2.36 bits per heavy atom. The second-order valence-corrected chi connectivity index (χ2v) is 5.60. The highest BCUT2D eigenvalue weighted by atomic mass is 14.5. The quantitative estimate of drug-likeness (QED) is 0.573. The first-order valence-corrected chi connectivity index (χ1v) is 6.28. The van der Waals surface area contributed by atoms with Gasteiger partial charge in [0.1, 0.15) is 0 Å². The Balaban J connectivity index is 2.05. The Morgan fingerprint density at radius 2 is 1.93 bits per heavy atom. The molecule has 80 valence electrons. The van der Waals surface area contributed by atoms with Crippen molar-refractivity contribution in [3.63, 3.8) is 0 Å². The molecule has 0 bridgehead atoms. The summed E-state index contributed by atoms with van der Waals surface area (Å²) in [6, 6.07) is 0. The third kappa shape index (κ3) is 1.43. The fourth-order valence-electron chi connectivity index (χ4n) is 3.74. The van der Waals surface area contributed by atoms with Crippen molar-refractivity contribution in [1.82, 2.24) is 0 Å². The zero-order valence-corrected chi connectivity index (χ0v) is 10.1. The molecule has 5 atom stereocenters. The highest BCUT2D eigenvalue weighted by Gasteiger charge is 2.47. The van der Waals surface area contributed by atoms with Crippen molar-refractivity contribution in [2.75, 3.05) is 0 Å². The van der Waals surface area contributed by atoms with E-state index in [-0.39, 0.29) is 0 Å². The zero-order chi connectivity index (χ0) is 10.3. The largest absolute Gasteiger partial charge is 0.0885 e. The van der Waals surface area contributed by atoms with Crippen molar-refractivity contribution in [2.24, 2.45) is 29.6 Å². The van der Waals surface area contributed by atoms with Crippen LogP contribution in [0.5, 0.6) is 0 Å². The molecule has 2 rings (SSSR count). The van der Waals surface area contributed by atoms with E-state index < -0.39 is 0 Å². The average molecular weight is 192 g/mol. The van der Waals surface area contributed by atoms with Gasteiger partial charge in [-0.05, 0) is 62.7 Å². The fraction of sp³-hybridized carbons (Fsp3) is 0.857. The molecular weight excluding hydrogens is 168 g/mol. The molecule has 0 aromatic carbocycles. The summed E-state index contributed by atoms with van der Waals surface area (Å²) in [4.78, 5) is 0. The van der Waals surface area contributed by atoms with Gasteiger partial charge in [-0.3, -0.25) is 0 Å². The summed E-state index contributed by atoms with van der Waals surface area (Å²) >= 11 is 0. The lowest BCUT2D eigenvalue weighted by molar-refractivity contribution is 0.131. The number of hydrogen-bond acceptors (Lipinski definition) is 0. The van der Waals surface area contributed by atoms with Crippen molar-refractivity contribution in [2.45, 2.75) is 47.0 Å². The van der Waals surface area contributed by atoms with Gasteiger partial charge in [-0.2, -0.15) is 0 Å². The maximum absolute atomic E-state index is 2.47. The van der Waals surface area contributed by atoms with Crippen LogP contribution in [0, 0.1) is 29.6 Å². The average Bonchev–Trinajstić information content (AvgIpc) is 2.33. The number of rotatable bonds is 2. The normalized spacial score (nSPS) is 44.4. The summed E-state index contributed by atoms with van der Waals surface area (Å²) in [5.74, 6) is 5.01. The molecule has 0 aromatic heterocycles. The van der Waals surface area contributed by atoms with Crippen molar-refractivity contribution >= 4 is 0 Å². The lowest BCUT2D eigenvalue weighted by atomic mass is 9.67. The molecule has 2 fully saturated rings. The Kier molecular flexibility index (Phi) is 2.72. The van der Waals surface area contributed by atoms with Gasteiger partial charge >= 0.3 is 0 Å². The summed E-state index contributed by atoms with van der Waals surface area (Å²) in [5, 5.41) is 0. The van der Waals surface area contributed by atoms with E-state index >= 15 is 0 Å². The summed E-state index contributed by atoms with van der Waals surface area (Å²) in [6.07, 6.45) is 6.83. The SMILES string of the molecule is CC=C(C)C(C)C1CC(C)C2CCC21. The maximum atomic E-state index is 2.47. The summed E-state index contributed by atoms with van der Waals surface area (Å²) in [5.41, 5.74) is 1.61. The number of hydrogen-bond donors (Lipinski definition) is 0. The topological polar surface area (TPSA) is 0 Å². The third-order valence-electron chi connectivity index (χ3n) is 5.12. The van der Waals surface area contributed by atoms with Crippen molar-refractivity contribution in [3.05, 3.63) is 11.6 Å². The second kappa shape index (κ2) is 3.72. The lowest BCUT2D eigenvalue weighted by Crippen LogP contribution is -2.29. The smallest absolute Gasteiger partial charge is 0.0203 e. The molecule has 2 aliphatic carbocycles. The monoisotopic (exact) mass is 192 g/mol. The zero-order valence-electron chi connectivity index (χ0n) is 10.1. The molecular formula is C14H24. The van der Waals surface area contributed by atoms with Crippen molar-refractivity contribution < 1.29 is 0 Å². The Labute approximate surface area is 88.8 Å². The number of allylic oxidation sites excluding steroid dienone is 2. The number of fused-ring (bicyclic) bond motifs is 1. The Morgan fingerprint density at radius 1 is 1.29 bits per heavy atom. The van der Waals surface area contributed by atoms with Crippen LogP contribution in [0.2, 0.25) is 0 Å². The molecule has 0 aromatic rings. The Hall–Kier alpha value is -0.260. The van der Waals surface area contributed by atoms with E-state index in [0.717, 1.165) is 29.6 Å². The first-order valence-electron chi connectivity index (χ1n) is 6.28. The predicted molar refractivity (Wildman–Crippen MR) is 62.1 cm³/mol. The standard InChI is InChI=1S/C14H24/c1-5-9(2)11(4)14-8-10(3)12-6-7-13(12)14/h5,10-14H,6-8H2,1-4H3. The summed E-state index contributed by atoms with van der Waals surface area (Å²) in [6.45, 7) is 9.39. The molecule has 2 aliphatic rings. The summed E-state index contributed by atoms with van der Waals surface area (Å²) < 4.78 is 0. The predicted octanol–water partition coefficient (Wildman–Crippen LogP) is 4.27. The van der Waals surface area contributed by atoms with Gasteiger partial charge in [0, 0.05) is 0 Å². The van der Waals surface area contributed by atoms with Crippen LogP contribution < -0.4 is 0 Å². The summed E-state index contributed by atoms with van der Waals surface area (Å²) in [7, 11) is 0. The minimum absolute atomic E-state index is 0.831. The van der Waals surface area contributed by atoms with E-state index in [0.29, 0.717) is 0 Å². The highest BCUT2D eigenvalue weighted by molar-refractivity contribution is 5.08. The van der Waals surface area contributed by atoms with Gasteiger partial charge < -0.3 is 0 Å². The van der Waals surface area contributed by atoms with Crippen LogP contribution >= 0.6 is 0 Å². The molecule has 0 heteroatoms. The van der Waals surface area contributed by atoms with E-state index in [9.17, 15) is 0 Å². The van der Waals surface area contributed by atoms with Gasteiger partial charge in [0.25, 0.3) is 0 Å². The molecule has 14 heavy (non-hydrogen) atoms. The second-order valence-electron chi connectivity index (χ2n) is 5.60. The van der Waals surface area contributed by atoms with Crippen molar-refractivity contribution in [1.29, 1.82) is 0 Å². The molecule has 0 aliphatic heterocycles. The van der Waals surface area contributed by atoms with E-state index in [4.69, 9.17) is 0 Å². The molecule has 0 N–H and O–H groups in total. The molecule has 2 saturated carbocycles. The first-order chi connectivity index (χ1) is 6.65. The van der Waals surface area contributed by atoms with Crippen LogP contribution in [0.1, 0.15) is 47.0 Å². The van der Waals surface area contributed by atoms with Crippen LogP contribution in [0.15, 0.2) is 11.6 Å². The van der Waals surface area contributed by atoms with Gasteiger partial charge in [0.05, 0.1) is 0 Å². The molecule has 0 amide bonds. The van der Waals surface area contributed by atoms with Gasteiger partial charge in [0.15, 0.2) is 0 Å². The van der Waals surface area contributed by atoms with Crippen LogP contribution in [-0.2, 0) is 0 Å². The third-order valence-corrected chi connectivity index (χ3v) is 5.12. The van der Waals surface area contributed by atoms with Gasteiger partial charge in [0.2, 0.25) is 0 Å². The van der Waals surface area contributed by atoms with Gasteiger partial charge in [-0.25, -0.2) is 0 Å². The first kappa shape index (κ1) is 10.3. The van der Waals surface area contributed by atoms with Crippen LogP contribution in [0.25, 0.3) is 0 Å². The molecule has 0 nitrogen and oxygen atoms in total. The minimum atomic E-state index is 0.831. The molecule has 0 spiro atoms. The lowest BCUT2D eigenvalue weighted by Gasteiger charge is -2.38. The highest BCUT2D eigenvalue weighted by Crippen LogP contribution is 2.56. The molecule has 5 unspecified atom stereocenters. The van der Waals surface area contributed by atoms with E-state index in [1.807, 2.05) is 0 Å².